The summed E-state index contributed by atoms with van der Waals surface area (Å²) in [5.41, 5.74) is 0.733. The number of benzene rings is 1. The van der Waals surface area contributed by atoms with Crippen LogP contribution in [0.25, 0.3) is 0 Å². The van der Waals surface area contributed by atoms with E-state index in [1.54, 1.807) is 24.1 Å². The Morgan fingerprint density at radius 3 is 2.85 bits per heavy atom. The molecule has 1 atom stereocenters. The van der Waals surface area contributed by atoms with Crippen LogP contribution in [0.2, 0.25) is 0 Å². The third-order valence-corrected chi connectivity index (χ3v) is 3.86. The first-order chi connectivity index (χ1) is 9.56. The molecule has 1 saturated heterocycles. The van der Waals surface area contributed by atoms with E-state index in [4.69, 9.17) is 0 Å². The van der Waals surface area contributed by atoms with Crippen molar-refractivity contribution in [2.45, 2.75) is 19.8 Å². The van der Waals surface area contributed by atoms with Gasteiger partial charge >= 0.3 is 0 Å². The zero-order valence-corrected chi connectivity index (χ0v) is 11.8. The number of amides is 1. The number of nitrogens with zero attached hydrogens (tertiary/aromatic N) is 2. The molecular weight excluding hydrogens is 258 g/mol. The Labute approximate surface area is 117 Å². The molecule has 1 aliphatic heterocycles. The minimum absolute atomic E-state index is 0.0652. The van der Waals surface area contributed by atoms with Gasteiger partial charge in [-0.3, -0.25) is 14.9 Å². The van der Waals surface area contributed by atoms with E-state index >= 15 is 0 Å². The molecule has 1 aromatic carbocycles. The maximum absolute atomic E-state index is 12.4. The van der Waals surface area contributed by atoms with E-state index in [0.717, 1.165) is 25.9 Å². The monoisotopic (exact) mass is 277 g/mol. The highest BCUT2D eigenvalue weighted by molar-refractivity contribution is 5.96. The van der Waals surface area contributed by atoms with Crippen LogP contribution in [0.15, 0.2) is 18.2 Å². The molecule has 1 fully saturated rings. The number of rotatable bonds is 4. The van der Waals surface area contributed by atoms with Crippen LogP contribution in [0.5, 0.6) is 0 Å². The molecule has 1 aliphatic rings. The minimum Gasteiger partial charge on any atom is -0.383 e. The summed E-state index contributed by atoms with van der Waals surface area (Å²) in [5, 5.41) is 13.8. The Bertz CT molecular complexity index is 530. The normalized spacial score (nSPS) is 18.1. The van der Waals surface area contributed by atoms with Crippen molar-refractivity contribution in [3.8, 4) is 0 Å². The number of nitro benzene ring substituents is 1. The fraction of sp³-hybridized carbons (Fsp3) is 0.500. The van der Waals surface area contributed by atoms with Gasteiger partial charge in [0.1, 0.15) is 5.69 Å². The summed E-state index contributed by atoms with van der Waals surface area (Å²) in [6.07, 6.45) is 2.07. The average molecular weight is 277 g/mol. The predicted octanol–water partition coefficient (Wildman–Crippen LogP) is 2.51. The zero-order valence-electron chi connectivity index (χ0n) is 11.8. The molecule has 0 aromatic heterocycles. The van der Waals surface area contributed by atoms with E-state index in [1.807, 2.05) is 0 Å². The van der Waals surface area contributed by atoms with Crippen LogP contribution < -0.4 is 5.32 Å². The van der Waals surface area contributed by atoms with E-state index in [-0.39, 0.29) is 11.6 Å². The number of carbonyl (C=O) groups is 1. The molecule has 2 rings (SSSR count). The lowest BCUT2D eigenvalue weighted by molar-refractivity contribution is -0.384. The van der Waals surface area contributed by atoms with E-state index < -0.39 is 4.92 Å². The summed E-state index contributed by atoms with van der Waals surface area (Å²) in [6, 6.07) is 4.58. The zero-order chi connectivity index (χ0) is 14.7. The Morgan fingerprint density at radius 1 is 1.55 bits per heavy atom. The fourth-order valence-electron chi connectivity index (χ4n) is 2.56. The SMILES string of the molecule is CCC1CCN(C(=O)c2ccc(NC)c([N+](=O)[O-])c2)C1. The summed E-state index contributed by atoms with van der Waals surface area (Å²) < 4.78 is 0. The molecule has 1 aromatic rings. The molecule has 0 bridgehead atoms. The van der Waals surface area contributed by atoms with Gasteiger partial charge in [0.25, 0.3) is 11.6 Å². The van der Waals surface area contributed by atoms with Crippen molar-refractivity contribution in [3.05, 3.63) is 33.9 Å². The lowest BCUT2D eigenvalue weighted by atomic mass is 10.1. The second kappa shape index (κ2) is 5.90. The van der Waals surface area contributed by atoms with E-state index in [2.05, 4.69) is 12.2 Å². The Morgan fingerprint density at radius 2 is 2.30 bits per heavy atom. The van der Waals surface area contributed by atoms with Crippen molar-refractivity contribution in [3.63, 3.8) is 0 Å². The van der Waals surface area contributed by atoms with Gasteiger partial charge in [-0.05, 0) is 24.5 Å². The molecule has 0 spiro atoms. The van der Waals surface area contributed by atoms with Crippen LogP contribution in [0, 0.1) is 16.0 Å². The van der Waals surface area contributed by atoms with Gasteiger partial charge in [-0.15, -0.1) is 0 Å². The summed E-state index contributed by atoms with van der Waals surface area (Å²) in [7, 11) is 1.62. The van der Waals surface area contributed by atoms with Crippen LogP contribution in [0.1, 0.15) is 30.1 Å². The van der Waals surface area contributed by atoms with Crippen LogP contribution in [-0.4, -0.2) is 35.9 Å². The van der Waals surface area contributed by atoms with Crippen molar-refractivity contribution in [1.82, 2.24) is 4.90 Å². The lowest BCUT2D eigenvalue weighted by Gasteiger charge is -2.16. The van der Waals surface area contributed by atoms with Crippen molar-refractivity contribution in [1.29, 1.82) is 0 Å². The topological polar surface area (TPSA) is 75.5 Å². The third kappa shape index (κ3) is 2.74. The maximum atomic E-state index is 12.4. The summed E-state index contributed by atoms with van der Waals surface area (Å²) in [5.74, 6) is 0.428. The molecular formula is C14H19N3O3. The first kappa shape index (κ1) is 14.3. The number of hydrogen-bond acceptors (Lipinski definition) is 4. The molecule has 20 heavy (non-hydrogen) atoms. The van der Waals surface area contributed by atoms with E-state index in [0.29, 0.717) is 17.2 Å². The Kier molecular flexibility index (Phi) is 4.22. The van der Waals surface area contributed by atoms with Gasteiger partial charge in [-0.1, -0.05) is 13.3 Å². The summed E-state index contributed by atoms with van der Waals surface area (Å²) in [6.45, 7) is 3.60. The van der Waals surface area contributed by atoms with E-state index in [9.17, 15) is 14.9 Å². The minimum atomic E-state index is -0.471. The van der Waals surface area contributed by atoms with Gasteiger partial charge < -0.3 is 10.2 Å². The maximum Gasteiger partial charge on any atom is 0.293 e. The van der Waals surface area contributed by atoms with Gasteiger partial charge in [0.15, 0.2) is 0 Å². The predicted molar refractivity (Wildman–Crippen MR) is 76.9 cm³/mol. The molecule has 1 unspecified atom stereocenters. The number of anilines is 1. The van der Waals surface area contributed by atoms with E-state index in [1.165, 1.54) is 6.07 Å². The first-order valence-electron chi connectivity index (χ1n) is 6.82. The van der Waals surface area contributed by atoms with Crippen LogP contribution >= 0.6 is 0 Å². The van der Waals surface area contributed by atoms with Crippen LogP contribution in [0.3, 0.4) is 0 Å². The number of likely N-dealkylation sites (tertiary alicyclic amines) is 1. The van der Waals surface area contributed by atoms with Gasteiger partial charge in [0.2, 0.25) is 0 Å². The molecule has 0 saturated carbocycles. The smallest absolute Gasteiger partial charge is 0.293 e. The highest BCUT2D eigenvalue weighted by Gasteiger charge is 2.27. The molecule has 6 heteroatoms. The second-order valence-corrected chi connectivity index (χ2v) is 5.05. The van der Waals surface area contributed by atoms with Gasteiger partial charge in [0.05, 0.1) is 4.92 Å². The highest BCUT2D eigenvalue weighted by Crippen LogP contribution is 2.27. The summed E-state index contributed by atoms with van der Waals surface area (Å²) in [4.78, 5) is 24.7. The number of nitro groups is 1. The number of carbonyl (C=O) groups excluding carboxylic acids is 1. The molecule has 1 heterocycles. The largest absolute Gasteiger partial charge is 0.383 e. The van der Waals surface area contributed by atoms with Crippen LogP contribution in [-0.2, 0) is 0 Å². The quantitative estimate of drug-likeness (QED) is 0.677. The molecule has 108 valence electrons. The Hall–Kier alpha value is -2.11. The van der Waals surface area contributed by atoms with Gasteiger partial charge in [0, 0.05) is 31.8 Å². The molecule has 1 N–H and O–H groups in total. The van der Waals surface area contributed by atoms with Crippen molar-refractivity contribution < 1.29 is 9.72 Å². The van der Waals surface area contributed by atoms with Gasteiger partial charge in [-0.25, -0.2) is 0 Å². The average Bonchev–Trinajstić information content (AvgIpc) is 2.94. The van der Waals surface area contributed by atoms with Crippen LogP contribution in [0.4, 0.5) is 11.4 Å². The van der Waals surface area contributed by atoms with Crippen molar-refractivity contribution >= 4 is 17.3 Å². The molecule has 0 aliphatic carbocycles. The molecule has 6 nitrogen and oxygen atoms in total. The van der Waals surface area contributed by atoms with Crippen molar-refractivity contribution in [2.75, 3.05) is 25.5 Å². The standard InChI is InChI=1S/C14H19N3O3/c1-3-10-6-7-16(9-10)14(18)11-4-5-12(15-2)13(8-11)17(19)20/h4-5,8,10,15H,3,6-7,9H2,1-2H3. The van der Waals surface area contributed by atoms with Crippen molar-refractivity contribution in [2.24, 2.45) is 5.92 Å². The molecule has 1 amide bonds. The Balaban J connectivity index is 2.23. The molecule has 0 radical (unpaired) electrons. The first-order valence-corrected chi connectivity index (χ1v) is 6.82. The fourth-order valence-corrected chi connectivity index (χ4v) is 2.56. The number of hydrogen-bond donors (Lipinski definition) is 1. The number of nitrogens with one attached hydrogen (secondary N) is 1. The second-order valence-electron chi connectivity index (χ2n) is 5.05. The summed E-state index contributed by atoms with van der Waals surface area (Å²) >= 11 is 0. The lowest BCUT2D eigenvalue weighted by Crippen LogP contribution is -2.28. The third-order valence-electron chi connectivity index (χ3n) is 3.86. The van der Waals surface area contributed by atoms with Gasteiger partial charge in [-0.2, -0.15) is 0 Å². The highest BCUT2D eigenvalue weighted by atomic mass is 16.6.